The highest BCUT2D eigenvalue weighted by Crippen LogP contribution is 2.31. The minimum absolute atomic E-state index is 0.360. The number of hydrogen-bond donors (Lipinski definition) is 2. The van der Waals surface area contributed by atoms with Gasteiger partial charge < -0.3 is 10.8 Å². The number of nitrogens with two attached hydrogens (primary N) is 1. The van der Waals surface area contributed by atoms with Crippen molar-refractivity contribution in [2.45, 2.75) is 13.0 Å². The highest BCUT2D eigenvalue weighted by Gasteiger charge is 2.16. The molecule has 0 radical (unpaired) electrons. The van der Waals surface area contributed by atoms with E-state index in [2.05, 4.69) is 15.9 Å². The average Bonchev–Trinajstić information content (AvgIpc) is 2.31. The summed E-state index contributed by atoms with van der Waals surface area (Å²) in [6.07, 6.45) is -0.879. The largest absolute Gasteiger partial charge is 0.399 e. The van der Waals surface area contributed by atoms with Crippen molar-refractivity contribution in [2.24, 2.45) is 0 Å². The summed E-state index contributed by atoms with van der Waals surface area (Å²) in [5, 5.41) is 10.3. The van der Waals surface area contributed by atoms with E-state index in [1.807, 2.05) is 6.92 Å². The molecular weight excluding hydrogens is 297 g/mol. The van der Waals surface area contributed by atoms with Crippen LogP contribution in [0.25, 0.3) is 0 Å². The van der Waals surface area contributed by atoms with Crippen molar-refractivity contribution in [3.63, 3.8) is 0 Å². The van der Waals surface area contributed by atoms with Gasteiger partial charge in [-0.05, 0) is 47.9 Å². The SMILES string of the molecule is Cc1ccc(F)cc1C(O)c1ccc(N)cc1Br. The van der Waals surface area contributed by atoms with Gasteiger partial charge in [0.05, 0.1) is 0 Å². The molecule has 0 aliphatic carbocycles. The molecule has 2 aromatic rings. The third kappa shape index (κ3) is 2.54. The second kappa shape index (κ2) is 5.08. The zero-order valence-electron chi connectivity index (χ0n) is 9.82. The van der Waals surface area contributed by atoms with Crippen LogP contribution in [0.2, 0.25) is 0 Å². The highest BCUT2D eigenvalue weighted by molar-refractivity contribution is 9.10. The molecule has 2 rings (SSSR count). The zero-order chi connectivity index (χ0) is 13.3. The standard InChI is InChI=1S/C14H13BrFNO/c1-8-2-3-9(16)6-12(8)14(18)11-5-4-10(17)7-13(11)15/h2-7,14,18H,17H2,1H3. The van der Waals surface area contributed by atoms with Crippen molar-refractivity contribution in [2.75, 3.05) is 5.73 Å². The second-order valence-corrected chi connectivity index (χ2v) is 5.04. The first-order chi connectivity index (χ1) is 8.49. The summed E-state index contributed by atoms with van der Waals surface area (Å²) < 4.78 is 14.0. The fourth-order valence-corrected chi connectivity index (χ4v) is 2.45. The number of halogens is 2. The Hall–Kier alpha value is -1.39. The van der Waals surface area contributed by atoms with Crippen molar-refractivity contribution < 1.29 is 9.50 Å². The van der Waals surface area contributed by atoms with Crippen LogP contribution in [-0.4, -0.2) is 5.11 Å². The predicted molar refractivity (Wildman–Crippen MR) is 73.8 cm³/mol. The van der Waals surface area contributed by atoms with Crippen molar-refractivity contribution in [1.29, 1.82) is 0 Å². The molecule has 1 atom stereocenters. The summed E-state index contributed by atoms with van der Waals surface area (Å²) in [7, 11) is 0. The van der Waals surface area contributed by atoms with E-state index in [0.29, 0.717) is 21.3 Å². The number of aryl methyl sites for hydroxylation is 1. The van der Waals surface area contributed by atoms with Gasteiger partial charge in [-0.3, -0.25) is 0 Å². The summed E-state index contributed by atoms with van der Waals surface area (Å²) in [5.74, 6) is -0.360. The van der Waals surface area contributed by atoms with Gasteiger partial charge in [0.2, 0.25) is 0 Å². The number of anilines is 1. The molecule has 0 heterocycles. The summed E-state index contributed by atoms with van der Waals surface area (Å²) in [6.45, 7) is 1.84. The van der Waals surface area contributed by atoms with Gasteiger partial charge in [0.15, 0.2) is 0 Å². The maximum Gasteiger partial charge on any atom is 0.123 e. The molecule has 0 saturated heterocycles. The Labute approximate surface area is 113 Å². The Morgan fingerprint density at radius 2 is 1.89 bits per heavy atom. The number of benzene rings is 2. The Kier molecular flexibility index (Phi) is 3.68. The van der Waals surface area contributed by atoms with Gasteiger partial charge in [-0.1, -0.05) is 28.1 Å². The third-order valence-corrected chi connectivity index (χ3v) is 3.54. The van der Waals surface area contributed by atoms with Crippen LogP contribution >= 0.6 is 15.9 Å². The van der Waals surface area contributed by atoms with Crippen LogP contribution in [0.1, 0.15) is 22.8 Å². The summed E-state index contributed by atoms with van der Waals surface area (Å²) >= 11 is 3.35. The molecule has 0 amide bonds. The zero-order valence-corrected chi connectivity index (χ0v) is 11.4. The molecule has 0 fully saturated rings. The fourth-order valence-electron chi connectivity index (χ4n) is 1.84. The monoisotopic (exact) mass is 309 g/mol. The summed E-state index contributed by atoms with van der Waals surface area (Å²) in [6, 6.07) is 9.53. The molecule has 3 N–H and O–H groups in total. The highest BCUT2D eigenvalue weighted by atomic mass is 79.9. The number of rotatable bonds is 2. The first-order valence-electron chi connectivity index (χ1n) is 5.48. The maximum absolute atomic E-state index is 13.2. The molecule has 1 unspecified atom stereocenters. The van der Waals surface area contributed by atoms with Crippen molar-refractivity contribution >= 4 is 21.6 Å². The molecule has 2 nitrogen and oxygen atoms in total. The first-order valence-corrected chi connectivity index (χ1v) is 6.27. The molecule has 18 heavy (non-hydrogen) atoms. The van der Waals surface area contributed by atoms with Crippen molar-refractivity contribution in [3.8, 4) is 0 Å². The smallest absolute Gasteiger partial charge is 0.123 e. The van der Waals surface area contributed by atoms with Crippen molar-refractivity contribution in [1.82, 2.24) is 0 Å². The summed E-state index contributed by atoms with van der Waals surface area (Å²) in [5.41, 5.74) is 8.32. The molecule has 0 saturated carbocycles. The van der Waals surface area contributed by atoms with Crippen LogP contribution < -0.4 is 5.73 Å². The number of aliphatic hydroxyl groups excluding tert-OH is 1. The van der Waals surface area contributed by atoms with Crippen LogP contribution in [0.4, 0.5) is 10.1 Å². The van der Waals surface area contributed by atoms with Crippen LogP contribution in [0.5, 0.6) is 0 Å². The van der Waals surface area contributed by atoms with Gasteiger partial charge in [-0.2, -0.15) is 0 Å². The number of aliphatic hydroxyl groups is 1. The van der Waals surface area contributed by atoms with Gasteiger partial charge in [0, 0.05) is 10.2 Å². The lowest BCUT2D eigenvalue weighted by molar-refractivity contribution is 0.218. The molecule has 4 heteroatoms. The fraction of sp³-hybridized carbons (Fsp3) is 0.143. The Morgan fingerprint density at radius 1 is 1.17 bits per heavy atom. The molecule has 0 aromatic heterocycles. The van der Waals surface area contributed by atoms with Gasteiger partial charge in [0.1, 0.15) is 11.9 Å². The van der Waals surface area contributed by atoms with Gasteiger partial charge in [0.25, 0.3) is 0 Å². The minimum Gasteiger partial charge on any atom is -0.399 e. The number of hydrogen-bond acceptors (Lipinski definition) is 2. The van der Waals surface area contributed by atoms with Gasteiger partial charge in [-0.25, -0.2) is 4.39 Å². The van der Waals surface area contributed by atoms with Crippen LogP contribution in [-0.2, 0) is 0 Å². The maximum atomic E-state index is 13.2. The lowest BCUT2D eigenvalue weighted by atomic mass is 9.97. The van der Waals surface area contributed by atoms with E-state index in [4.69, 9.17) is 5.73 Å². The van der Waals surface area contributed by atoms with Gasteiger partial charge in [-0.15, -0.1) is 0 Å². The summed E-state index contributed by atoms with van der Waals surface area (Å²) in [4.78, 5) is 0. The topological polar surface area (TPSA) is 46.2 Å². The third-order valence-electron chi connectivity index (χ3n) is 2.85. The lowest BCUT2D eigenvalue weighted by Crippen LogP contribution is -2.04. The molecule has 94 valence electrons. The van der Waals surface area contributed by atoms with E-state index >= 15 is 0 Å². The second-order valence-electron chi connectivity index (χ2n) is 4.18. The molecule has 2 aromatic carbocycles. The van der Waals surface area contributed by atoms with E-state index < -0.39 is 6.10 Å². The Morgan fingerprint density at radius 3 is 2.56 bits per heavy atom. The van der Waals surface area contributed by atoms with E-state index in [0.717, 1.165) is 5.56 Å². The molecule has 0 bridgehead atoms. The normalized spacial score (nSPS) is 12.4. The van der Waals surface area contributed by atoms with Crippen LogP contribution in [0.15, 0.2) is 40.9 Å². The molecular formula is C14H13BrFNO. The quantitative estimate of drug-likeness (QED) is 0.833. The number of nitrogen functional groups attached to an aromatic ring is 1. The predicted octanol–water partition coefficient (Wildman–Crippen LogP) is 3.56. The first kappa shape index (κ1) is 13.1. The molecule has 0 aliphatic rings. The van der Waals surface area contributed by atoms with E-state index in [-0.39, 0.29) is 5.82 Å². The van der Waals surface area contributed by atoms with Crippen LogP contribution in [0.3, 0.4) is 0 Å². The van der Waals surface area contributed by atoms with E-state index in [9.17, 15) is 9.50 Å². The average molecular weight is 310 g/mol. The Balaban J connectivity index is 2.47. The lowest BCUT2D eigenvalue weighted by Gasteiger charge is -2.16. The van der Waals surface area contributed by atoms with E-state index in [1.54, 1.807) is 24.3 Å². The van der Waals surface area contributed by atoms with Crippen molar-refractivity contribution in [3.05, 3.63) is 63.4 Å². The Bertz CT molecular complexity index is 586. The molecule has 0 aliphatic heterocycles. The molecule has 0 spiro atoms. The van der Waals surface area contributed by atoms with E-state index in [1.165, 1.54) is 12.1 Å². The van der Waals surface area contributed by atoms with Crippen LogP contribution in [0, 0.1) is 12.7 Å². The minimum atomic E-state index is -0.879. The van der Waals surface area contributed by atoms with Gasteiger partial charge >= 0.3 is 0 Å².